The number of carbonyl (C=O) groups excluding carboxylic acids is 1. The van der Waals surface area contributed by atoms with Crippen LogP contribution in [0.5, 0.6) is 0 Å². The highest BCUT2D eigenvalue weighted by molar-refractivity contribution is 5.91. The third kappa shape index (κ3) is 4.11. The summed E-state index contributed by atoms with van der Waals surface area (Å²) in [6.07, 6.45) is 5.55. The first-order valence-corrected chi connectivity index (χ1v) is 7.28. The van der Waals surface area contributed by atoms with E-state index in [4.69, 9.17) is 5.73 Å². The molecular formula is C17H22N2O. The Hall–Kier alpha value is -1.79. The smallest absolute Gasteiger partial charge is 0.224 e. The van der Waals surface area contributed by atoms with Gasteiger partial charge >= 0.3 is 0 Å². The van der Waals surface area contributed by atoms with Crippen molar-refractivity contribution in [1.82, 2.24) is 0 Å². The molecule has 1 aromatic rings. The molecule has 3 N–H and O–H groups in total. The molecule has 106 valence electrons. The van der Waals surface area contributed by atoms with Gasteiger partial charge < -0.3 is 11.1 Å². The van der Waals surface area contributed by atoms with Crippen LogP contribution in [0.1, 0.15) is 43.2 Å². The predicted octanol–water partition coefficient (Wildman–Crippen LogP) is 2.82. The van der Waals surface area contributed by atoms with E-state index in [1.807, 2.05) is 25.1 Å². The molecule has 1 aromatic carbocycles. The van der Waals surface area contributed by atoms with E-state index in [2.05, 4.69) is 17.2 Å². The summed E-state index contributed by atoms with van der Waals surface area (Å²) in [5, 5.41) is 2.97. The van der Waals surface area contributed by atoms with Gasteiger partial charge in [0.2, 0.25) is 5.91 Å². The number of nitrogens with two attached hydrogens (primary N) is 1. The fraction of sp³-hybridized carbons (Fsp3) is 0.471. The zero-order chi connectivity index (χ0) is 14.4. The van der Waals surface area contributed by atoms with Gasteiger partial charge in [-0.15, -0.1) is 0 Å². The molecule has 0 bridgehead atoms. The third-order valence-electron chi connectivity index (χ3n) is 3.80. The van der Waals surface area contributed by atoms with Crippen molar-refractivity contribution in [2.24, 2.45) is 11.7 Å². The van der Waals surface area contributed by atoms with Crippen LogP contribution in [0.2, 0.25) is 0 Å². The van der Waals surface area contributed by atoms with Crippen molar-refractivity contribution in [3.05, 3.63) is 29.3 Å². The van der Waals surface area contributed by atoms with Gasteiger partial charge in [-0.2, -0.15) is 0 Å². The topological polar surface area (TPSA) is 55.1 Å². The standard InChI is InChI=1S/C17H22N2O/c1-13-8-9-16(12-15(13)7-4-10-18)19-17(20)11-14-5-2-3-6-14/h8-9,12,14H,2-3,5-6,10-11,18H2,1H3,(H,19,20). The molecule has 20 heavy (non-hydrogen) atoms. The normalized spacial score (nSPS) is 14.7. The van der Waals surface area contributed by atoms with Crippen molar-refractivity contribution >= 4 is 11.6 Å². The molecular weight excluding hydrogens is 248 g/mol. The molecule has 1 fully saturated rings. The average molecular weight is 270 g/mol. The van der Waals surface area contributed by atoms with Gasteiger partial charge in [0.05, 0.1) is 6.54 Å². The van der Waals surface area contributed by atoms with Gasteiger partial charge in [-0.25, -0.2) is 0 Å². The van der Waals surface area contributed by atoms with Crippen LogP contribution in [0.25, 0.3) is 0 Å². The second kappa shape index (κ2) is 7.12. The zero-order valence-corrected chi connectivity index (χ0v) is 12.0. The number of hydrogen-bond donors (Lipinski definition) is 2. The van der Waals surface area contributed by atoms with Crippen LogP contribution in [0.4, 0.5) is 5.69 Å². The van der Waals surface area contributed by atoms with Gasteiger partial charge in [0.15, 0.2) is 0 Å². The van der Waals surface area contributed by atoms with Crippen LogP contribution in [-0.4, -0.2) is 12.5 Å². The third-order valence-corrected chi connectivity index (χ3v) is 3.80. The van der Waals surface area contributed by atoms with Crippen LogP contribution >= 0.6 is 0 Å². The molecule has 2 rings (SSSR count). The number of rotatable bonds is 3. The first-order chi connectivity index (χ1) is 9.69. The quantitative estimate of drug-likeness (QED) is 0.830. The summed E-state index contributed by atoms with van der Waals surface area (Å²) < 4.78 is 0. The fourth-order valence-electron chi connectivity index (χ4n) is 2.67. The van der Waals surface area contributed by atoms with Crippen LogP contribution in [0.3, 0.4) is 0 Å². The molecule has 0 spiro atoms. The van der Waals surface area contributed by atoms with Gasteiger partial charge in [-0.05, 0) is 43.4 Å². The van der Waals surface area contributed by atoms with E-state index < -0.39 is 0 Å². The van der Waals surface area contributed by atoms with E-state index in [0.717, 1.165) is 16.8 Å². The molecule has 3 heteroatoms. The molecule has 0 heterocycles. The summed E-state index contributed by atoms with van der Waals surface area (Å²) in [4.78, 5) is 12.0. The zero-order valence-electron chi connectivity index (χ0n) is 12.0. The Morgan fingerprint density at radius 1 is 1.40 bits per heavy atom. The van der Waals surface area contributed by atoms with Crippen LogP contribution in [0, 0.1) is 24.7 Å². The van der Waals surface area contributed by atoms with Gasteiger partial charge in [0.25, 0.3) is 0 Å². The van der Waals surface area contributed by atoms with E-state index in [9.17, 15) is 4.79 Å². The second-order valence-electron chi connectivity index (χ2n) is 5.44. The van der Waals surface area contributed by atoms with Crippen LogP contribution in [0.15, 0.2) is 18.2 Å². The first-order valence-electron chi connectivity index (χ1n) is 7.28. The summed E-state index contributed by atoms with van der Waals surface area (Å²) >= 11 is 0. The lowest BCUT2D eigenvalue weighted by Crippen LogP contribution is -2.15. The van der Waals surface area contributed by atoms with Crippen LogP contribution < -0.4 is 11.1 Å². The fourth-order valence-corrected chi connectivity index (χ4v) is 2.67. The van der Waals surface area contributed by atoms with Crippen molar-refractivity contribution < 1.29 is 4.79 Å². The molecule has 0 saturated heterocycles. The van der Waals surface area contributed by atoms with Crippen molar-refractivity contribution in [3.63, 3.8) is 0 Å². The van der Waals surface area contributed by atoms with Gasteiger partial charge in [0.1, 0.15) is 0 Å². The number of aryl methyl sites for hydroxylation is 1. The Balaban J connectivity index is 1.99. The van der Waals surface area contributed by atoms with Crippen molar-refractivity contribution in [3.8, 4) is 11.8 Å². The number of hydrogen-bond acceptors (Lipinski definition) is 2. The largest absolute Gasteiger partial charge is 0.326 e. The Morgan fingerprint density at radius 2 is 2.15 bits per heavy atom. The highest BCUT2D eigenvalue weighted by Gasteiger charge is 2.18. The molecule has 0 unspecified atom stereocenters. The lowest BCUT2D eigenvalue weighted by Gasteiger charge is -2.10. The van der Waals surface area contributed by atoms with E-state index in [-0.39, 0.29) is 5.91 Å². The Bertz CT molecular complexity index is 534. The predicted molar refractivity (Wildman–Crippen MR) is 82.3 cm³/mol. The second-order valence-corrected chi connectivity index (χ2v) is 5.44. The van der Waals surface area contributed by atoms with E-state index >= 15 is 0 Å². The maximum Gasteiger partial charge on any atom is 0.224 e. The summed E-state index contributed by atoms with van der Waals surface area (Å²) in [6.45, 7) is 2.35. The molecule has 3 nitrogen and oxygen atoms in total. The highest BCUT2D eigenvalue weighted by Crippen LogP contribution is 2.27. The lowest BCUT2D eigenvalue weighted by atomic mass is 10.0. The average Bonchev–Trinajstić information content (AvgIpc) is 2.92. The molecule has 0 aliphatic heterocycles. The van der Waals surface area contributed by atoms with Gasteiger partial charge in [0, 0.05) is 17.7 Å². The number of nitrogens with one attached hydrogen (secondary N) is 1. The Kier molecular flexibility index (Phi) is 5.20. The monoisotopic (exact) mass is 270 g/mol. The Labute approximate surface area is 120 Å². The molecule has 0 atom stereocenters. The summed E-state index contributed by atoms with van der Waals surface area (Å²) in [6, 6.07) is 5.83. The molecule has 1 aliphatic carbocycles. The highest BCUT2D eigenvalue weighted by atomic mass is 16.1. The van der Waals surface area contributed by atoms with E-state index in [1.165, 1.54) is 25.7 Å². The molecule has 1 saturated carbocycles. The number of anilines is 1. The summed E-state index contributed by atoms with van der Waals surface area (Å²) in [7, 11) is 0. The van der Waals surface area contributed by atoms with Gasteiger partial charge in [-0.1, -0.05) is 30.7 Å². The Morgan fingerprint density at radius 3 is 2.85 bits per heavy atom. The van der Waals surface area contributed by atoms with Gasteiger partial charge in [-0.3, -0.25) is 4.79 Å². The molecule has 0 radical (unpaired) electrons. The van der Waals surface area contributed by atoms with E-state index in [1.54, 1.807) is 0 Å². The maximum absolute atomic E-state index is 12.0. The number of amides is 1. The number of carbonyl (C=O) groups is 1. The van der Waals surface area contributed by atoms with Crippen molar-refractivity contribution in [2.75, 3.05) is 11.9 Å². The molecule has 0 aromatic heterocycles. The van der Waals surface area contributed by atoms with Crippen molar-refractivity contribution in [2.45, 2.75) is 39.0 Å². The molecule has 1 amide bonds. The minimum Gasteiger partial charge on any atom is -0.326 e. The lowest BCUT2D eigenvalue weighted by molar-refractivity contribution is -0.117. The van der Waals surface area contributed by atoms with E-state index in [0.29, 0.717) is 18.9 Å². The van der Waals surface area contributed by atoms with Crippen molar-refractivity contribution in [1.29, 1.82) is 0 Å². The minimum absolute atomic E-state index is 0.110. The van der Waals surface area contributed by atoms with Crippen LogP contribution in [-0.2, 0) is 4.79 Å². The SMILES string of the molecule is Cc1ccc(NC(=O)CC2CCCC2)cc1C#CCN. The maximum atomic E-state index is 12.0. The molecule has 1 aliphatic rings. The minimum atomic E-state index is 0.110. The summed E-state index contributed by atoms with van der Waals surface area (Å²) in [5.41, 5.74) is 8.23. The number of benzene rings is 1. The summed E-state index contributed by atoms with van der Waals surface area (Å²) in [5.74, 6) is 6.56. The first kappa shape index (κ1) is 14.6.